The minimum absolute atomic E-state index is 0.0642. The molecule has 1 aromatic carbocycles. The first kappa shape index (κ1) is 16.7. The van der Waals surface area contributed by atoms with Crippen LogP contribution in [0.2, 0.25) is 5.02 Å². The van der Waals surface area contributed by atoms with Crippen molar-refractivity contribution in [2.45, 2.75) is 25.9 Å². The van der Waals surface area contributed by atoms with E-state index in [-0.39, 0.29) is 5.54 Å². The van der Waals surface area contributed by atoms with Gasteiger partial charge in [0.1, 0.15) is 0 Å². The van der Waals surface area contributed by atoms with Crippen LogP contribution in [0.25, 0.3) is 10.9 Å². The molecule has 0 atom stereocenters. The van der Waals surface area contributed by atoms with Crippen LogP contribution in [0, 0.1) is 0 Å². The van der Waals surface area contributed by atoms with Crippen molar-refractivity contribution in [3.05, 3.63) is 65.6 Å². The van der Waals surface area contributed by atoms with Gasteiger partial charge in [-0.25, -0.2) is 0 Å². The van der Waals surface area contributed by atoms with Crippen molar-refractivity contribution in [2.24, 2.45) is 0 Å². The molecule has 0 aliphatic rings. The molecule has 0 saturated carbocycles. The molecule has 0 saturated heterocycles. The standard InChI is InChI=1S/C19H21ClN4/c1-19(2,24-12-14-5-8-21-9-6-14)13-23-17-7-10-22-18-11-15(20)3-4-16(17)18/h3-11,24H,12-13H2,1-2H3,(H,22,23). The van der Waals surface area contributed by atoms with Crippen molar-refractivity contribution in [1.29, 1.82) is 0 Å². The molecule has 0 aliphatic heterocycles. The first-order valence-corrected chi connectivity index (χ1v) is 8.33. The molecule has 3 aromatic rings. The fraction of sp³-hybridized carbons (Fsp3) is 0.263. The van der Waals surface area contributed by atoms with Crippen LogP contribution < -0.4 is 10.6 Å². The second kappa shape index (κ2) is 7.16. The average Bonchev–Trinajstić information content (AvgIpc) is 2.59. The summed E-state index contributed by atoms with van der Waals surface area (Å²) >= 11 is 6.05. The highest BCUT2D eigenvalue weighted by molar-refractivity contribution is 6.31. The molecule has 24 heavy (non-hydrogen) atoms. The Morgan fingerprint density at radius 3 is 2.62 bits per heavy atom. The lowest BCUT2D eigenvalue weighted by molar-refractivity contribution is 0.407. The largest absolute Gasteiger partial charge is 0.383 e. The summed E-state index contributed by atoms with van der Waals surface area (Å²) in [6.07, 6.45) is 5.44. The fourth-order valence-electron chi connectivity index (χ4n) is 2.50. The zero-order chi connectivity index (χ0) is 17.0. The molecule has 2 heterocycles. The maximum Gasteiger partial charge on any atom is 0.0737 e. The maximum atomic E-state index is 6.05. The monoisotopic (exact) mass is 340 g/mol. The third kappa shape index (κ3) is 4.22. The molecule has 5 heteroatoms. The average molecular weight is 341 g/mol. The highest BCUT2D eigenvalue weighted by atomic mass is 35.5. The van der Waals surface area contributed by atoms with E-state index in [0.29, 0.717) is 5.02 Å². The normalized spacial score (nSPS) is 11.6. The van der Waals surface area contributed by atoms with Gasteiger partial charge in [-0.15, -0.1) is 0 Å². The zero-order valence-corrected chi connectivity index (χ0v) is 14.6. The van der Waals surface area contributed by atoms with E-state index in [2.05, 4.69) is 34.4 Å². The zero-order valence-electron chi connectivity index (χ0n) is 13.9. The number of halogens is 1. The van der Waals surface area contributed by atoms with Crippen LogP contribution in [-0.2, 0) is 6.54 Å². The van der Waals surface area contributed by atoms with Crippen molar-refractivity contribution < 1.29 is 0 Å². The summed E-state index contributed by atoms with van der Waals surface area (Å²) in [7, 11) is 0. The first-order valence-electron chi connectivity index (χ1n) is 7.96. The van der Waals surface area contributed by atoms with Crippen molar-refractivity contribution in [2.75, 3.05) is 11.9 Å². The second-order valence-electron chi connectivity index (χ2n) is 6.47. The van der Waals surface area contributed by atoms with Crippen molar-refractivity contribution in [3.8, 4) is 0 Å². The predicted octanol–water partition coefficient (Wildman–Crippen LogP) is 4.26. The van der Waals surface area contributed by atoms with E-state index in [4.69, 9.17) is 11.6 Å². The lowest BCUT2D eigenvalue weighted by Gasteiger charge is -2.27. The fourth-order valence-corrected chi connectivity index (χ4v) is 2.66. The quantitative estimate of drug-likeness (QED) is 0.703. The van der Waals surface area contributed by atoms with Crippen molar-refractivity contribution in [3.63, 3.8) is 0 Å². The van der Waals surface area contributed by atoms with Crippen LogP contribution in [0.4, 0.5) is 5.69 Å². The molecule has 3 rings (SSSR count). The van der Waals surface area contributed by atoms with Crippen LogP contribution in [0.1, 0.15) is 19.4 Å². The van der Waals surface area contributed by atoms with E-state index in [1.54, 1.807) is 6.20 Å². The Balaban J connectivity index is 1.66. The number of anilines is 1. The van der Waals surface area contributed by atoms with E-state index in [1.807, 2.05) is 48.8 Å². The van der Waals surface area contributed by atoms with Gasteiger partial charge in [0.2, 0.25) is 0 Å². The predicted molar refractivity (Wildman–Crippen MR) is 100 cm³/mol. The molecule has 0 aliphatic carbocycles. The summed E-state index contributed by atoms with van der Waals surface area (Å²) < 4.78 is 0. The van der Waals surface area contributed by atoms with Gasteiger partial charge in [0.05, 0.1) is 5.52 Å². The number of hydrogen-bond donors (Lipinski definition) is 2. The Hall–Kier alpha value is -2.17. The lowest BCUT2D eigenvalue weighted by Crippen LogP contribution is -2.44. The van der Waals surface area contributed by atoms with E-state index < -0.39 is 0 Å². The molecule has 0 spiro atoms. The third-order valence-electron chi connectivity index (χ3n) is 3.95. The number of aromatic nitrogens is 2. The van der Waals surface area contributed by atoms with Gasteiger partial charge >= 0.3 is 0 Å². The molecule has 0 radical (unpaired) electrons. The number of hydrogen-bond acceptors (Lipinski definition) is 4. The van der Waals surface area contributed by atoms with Gasteiger partial charge < -0.3 is 10.6 Å². The number of rotatable bonds is 6. The molecule has 0 fully saturated rings. The van der Waals surface area contributed by atoms with E-state index in [1.165, 1.54) is 5.56 Å². The van der Waals surface area contributed by atoms with Gasteiger partial charge in [0.15, 0.2) is 0 Å². The van der Waals surface area contributed by atoms with Crippen LogP contribution in [0.3, 0.4) is 0 Å². The first-order chi connectivity index (χ1) is 11.5. The minimum Gasteiger partial charge on any atom is -0.383 e. The Morgan fingerprint density at radius 2 is 1.83 bits per heavy atom. The number of benzene rings is 1. The molecule has 0 bridgehead atoms. The van der Waals surface area contributed by atoms with E-state index in [9.17, 15) is 0 Å². The third-order valence-corrected chi connectivity index (χ3v) is 4.18. The van der Waals surface area contributed by atoms with Gasteiger partial charge in [0, 0.05) is 53.3 Å². The summed E-state index contributed by atoms with van der Waals surface area (Å²) in [4.78, 5) is 8.42. The van der Waals surface area contributed by atoms with Crippen molar-refractivity contribution >= 4 is 28.2 Å². The maximum absolute atomic E-state index is 6.05. The molecule has 0 unspecified atom stereocenters. The molecular formula is C19H21ClN4. The second-order valence-corrected chi connectivity index (χ2v) is 6.90. The lowest BCUT2D eigenvalue weighted by atomic mass is 10.0. The smallest absolute Gasteiger partial charge is 0.0737 e. The number of fused-ring (bicyclic) bond motifs is 1. The summed E-state index contributed by atoms with van der Waals surface area (Å²) in [5.41, 5.74) is 3.12. The summed E-state index contributed by atoms with van der Waals surface area (Å²) in [6, 6.07) is 11.8. The Morgan fingerprint density at radius 1 is 1.04 bits per heavy atom. The van der Waals surface area contributed by atoms with Crippen molar-refractivity contribution in [1.82, 2.24) is 15.3 Å². The van der Waals surface area contributed by atoms with E-state index in [0.717, 1.165) is 29.7 Å². The summed E-state index contributed by atoms with van der Waals surface area (Å²) in [5.74, 6) is 0. The SMILES string of the molecule is CC(C)(CNc1ccnc2cc(Cl)ccc12)NCc1ccncc1. The summed E-state index contributed by atoms with van der Waals surface area (Å²) in [5, 5.41) is 8.88. The van der Waals surface area contributed by atoms with Crippen LogP contribution in [0.15, 0.2) is 55.0 Å². The van der Waals surface area contributed by atoms with Gasteiger partial charge in [-0.1, -0.05) is 11.6 Å². The Bertz CT molecular complexity index is 818. The molecule has 4 nitrogen and oxygen atoms in total. The molecule has 2 N–H and O–H groups in total. The van der Waals surface area contributed by atoms with Gasteiger partial charge in [-0.2, -0.15) is 0 Å². The Kier molecular flexibility index (Phi) is 4.97. The van der Waals surface area contributed by atoms with Crippen LogP contribution in [-0.4, -0.2) is 22.1 Å². The topological polar surface area (TPSA) is 49.8 Å². The summed E-state index contributed by atoms with van der Waals surface area (Å²) in [6.45, 7) is 5.96. The highest BCUT2D eigenvalue weighted by Crippen LogP contribution is 2.24. The van der Waals surface area contributed by atoms with Gasteiger partial charge in [-0.3, -0.25) is 9.97 Å². The molecular weight excluding hydrogens is 320 g/mol. The van der Waals surface area contributed by atoms with E-state index >= 15 is 0 Å². The van der Waals surface area contributed by atoms with Gasteiger partial charge in [0.25, 0.3) is 0 Å². The Labute approximate surface area is 147 Å². The number of pyridine rings is 2. The number of nitrogens with zero attached hydrogens (tertiary/aromatic N) is 2. The minimum atomic E-state index is -0.0642. The molecule has 0 amide bonds. The van der Waals surface area contributed by atoms with Gasteiger partial charge in [-0.05, 0) is 55.8 Å². The highest BCUT2D eigenvalue weighted by Gasteiger charge is 2.17. The molecule has 2 aromatic heterocycles. The van der Waals surface area contributed by atoms with Crippen LogP contribution in [0.5, 0.6) is 0 Å². The molecule has 124 valence electrons. The number of nitrogens with one attached hydrogen (secondary N) is 2. The van der Waals surface area contributed by atoms with Crippen LogP contribution >= 0.6 is 11.6 Å².